The van der Waals surface area contributed by atoms with E-state index in [2.05, 4.69) is 47.4 Å². The molecule has 0 unspecified atom stereocenters. The van der Waals surface area contributed by atoms with Crippen LogP contribution >= 0.6 is 0 Å². The van der Waals surface area contributed by atoms with Crippen molar-refractivity contribution >= 4 is 23.1 Å². The molecule has 0 fully saturated rings. The first-order valence-electron chi connectivity index (χ1n) is 9.02. The van der Waals surface area contributed by atoms with Gasteiger partial charge in [0.25, 0.3) is 5.91 Å². The van der Waals surface area contributed by atoms with Crippen molar-refractivity contribution in [2.75, 3.05) is 10.6 Å². The minimum atomic E-state index is -0.501. The summed E-state index contributed by atoms with van der Waals surface area (Å²) in [6, 6.07) is 15.5. The Bertz CT molecular complexity index is 1010. The number of rotatable bonds is 4. The lowest BCUT2D eigenvalue weighted by Crippen LogP contribution is -2.17. The lowest BCUT2D eigenvalue weighted by atomic mass is 9.86. The molecule has 0 aliphatic rings. The molecule has 0 radical (unpaired) electrons. The van der Waals surface area contributed by atoms with Crippen molar-refractivity contribution in [2.24, 2.45) is 0 Å². The average molecular weight is 378 g/mol. The number of benzene rings is 2. The number of hydrogen-bond donors (Lipinski definition) is 2. The Morgan fingerprint density at radius 3 is 2.29 bits per heavy atom. The van der Waals surface area contributed by atoms with Gasteiger partial charge in [-0.2, -0.15) is 0 Å². The summed E-state index contributed by atoms with van der Waals surface area (Å²) in [4.78, 5) is 21.1. The number of anilines is 3. The number of nitrogens with one attached hydrogen (secondary N) is 2. The van der Waals surface area contributed by atoms with Gasteiger partial charge >= 0.3 is 0 Å². The molecule has 0 aliphatic carbocycles. The molecule has 0 saturated carbocycles. The predicted molar refractivity (Wildman–Crippen MR) is 110 cm³/mol. The molecule has 0 atom stereocenters. The van der Waals surface area contributed by atoms with Crippen molar-refractivity contribution in [3.8, 4) is 0 Å². The number of carbonyl (C=O) groups is 1. The first-order chi connectivity index (χ1) is 13.2. The van der Waals surface area contributed by atoms with Gasteiger partial charge in [-0.1, -0.05) is 51.1 Å². The fourth-order valence-corrected chi connectivity index (χ4v) is 2.88. The fourth-order valence-electron chi connectivity index (χ4n) is 2.88. The maximum atomic E-state index is 13.8. The minimum absolute atomic E-state index is 0.0588. The van der Waals surface area contributed by atoms with E-state index in [1.54, 1.807) is 25.1 Å². The molecule has 2 N–H and O–H groups in total. The molecule has 3 rings (SSSR count). The molecule has 3 aromatic rings. The third kappa shape index (κ3) is 4.52. The van der Waals surface area contributed by atoms with Gasteiger partial charge in [-0.25, -0.2) is 14.4 Å². The van der Waals surface area contributed by atoms with Crippen LogP contribution in [0, 0.1) is 12.7 Å². The zero-order valence-corrected chi connectivity index (χ0v) is 16.4. The maximum Gasteiger partial charge on any atom is 0.274 e. The summed E-state index contributed by atoms with van der Waals surface area (Å²) in [5.41, 5.74) is 2.25. The van der Waals surface area contributed by atoms with Crippen molar-refractivity contribution in [1.82, 2.24) is 9.97 Å². The molecule has 0 spiro atoms. The Hall–Kier alpha value is -3.28. The van der Waals surface area contributed by atoms with Crippen LogP contribution in [0.3, 0.4) is 0 Å². The highest BCUT2D eigenvalue weighted by Gasteiger charge is 2.18. The monoisotopic (exact) mass is 378 g/mol. The Kier molecular flexibility index (Phi) is 5.40. The Morgan fingerprint density at radius 1 is 0.964 bits per heavy atom. The van der Waals surface area contributed by atoms with Crippen LogP contribution in [0.15, 0.2) is 54.6 Å². The van der Waals surface area contributed by atoms with Gasteiger partial charge in [0.05, 0.1) is 5.69 Å². The van der Waals surface area contributed by atoms with Crippen LogP contribution in [0.5, 0.6) is 0 Å². The van der Waals surface area contributed by atoms with E-state index in [4.69, 9.17) is 0 Å². The third-order valence-corrected chi connectivity index (χ3v) is 4.19. The predicted octanol–water partition coefficient (Wildman–Crippen LogP) is 5.22. The Morgan fingerprint density at radius 2 is 1.61 bits per heavy atom. The molecule has 6 heteroatoms. The molecule has 1 aromatic heterocycles. The summed E-state index contributed by atoms with van der Waals surface area (Å²) in [5.74, 6) is -0.0540. The van der Waals surface area contributed by atoms with E-state index in [0.717, 1.165) is 11.3 Å². The van der Waals surface area contributed by atoms with Crippen LogP contribution in [0.25, 0.3) is 0 Å². The second kappa shape index (κ2) is 7.76. The van der Waals surface area contributed by atoms with Crippen LogP contribution in [0.1, 0.15) is 42.6 Å². The number of aryl methyl sites for hydroxylation is 1. The summed E-state index contributed by atoms with van der Waals surface area (Å²) in [5, 5.41) is 5.83. The summed E-state index contributed by atoms with van der Waals surface area (Å²) in [7, 11) is 0. The fraction of sp³-hybridized carbons (Fsp3) is 0.227. The lowest BCUT2D eigenvalue weighted by Gasteiger charge is -2.23. The molecule has 0 aliphatic heterocycles. The molecule has 144 valence electrons. The van der Waals surface area contributed by atoms with Crippen molar-refractivity contribution < 1.29 is 9.18 Å². The highest BCUT2D eigenvalue weighted by molar-refractivity contribution is 6.03. The van der Waals surface area contributed by atoms with Crippen molar-refractivity contribution in [1.29, 1.82) is 0 Å². The summed E-state index contributed by atoms with van der Waals surface area (Å²) in [6.45, 7) is 8.10. The molecular formula is C22H23FN4O. The second-order valence-electron chi connectivity index (χ2n) is 7.54. The third-order valence-electron chi connectivity index (χ3n) is 4.19. The standard InChI is InChI=1S/C22H23FN4O/c1-14-24-19(21(28)27-18-12-8-6-10-16(18)23)13-20(25-14)26-17-11-7-5-9-15(17)22(2,3)4/h5-13H,1-4H3,(H,27,28)(H,24,25,26). The van der Waals surface area contributed by atoms with Gasteiger partial charge in [-0.05, 0) is 36.1 Å². The zero-order chi connectivity index (χ0) is 20.3. The van der Waals surface area contributed by atoms with Crippen molar-refractivity contribution in [3.63, 3.8) is 0 Å². The van der Waals surface area contributed by atoms with Crippen molar-refractivity contribution in [2.45, 2.75) is 33.1 Å². The van der Waals surface area contributed by atoms with Crippen LogP contribution in [-0.2, 0) is 5.41 Å². The van der Waals surface area contributed by atoms with E-state index in [-0.39, 0.29) is 16.8 Å². The van der Waals surface area contributed by atoms with Gasteiger partial charge in [-0.15, -0.1) is 0 Å². The molecule has 28 heavy (non-hydrogen) atoms. The summed E-state index contributed by atoms with van der Waals surface area (Å²) < 4.78 is 13.8. The minimum Gasteiger partial charge on any atom is -0.340 e. The highest BCUT2D eigenvalue weighted by atomic mass is 19.1. The van der Waals surface area contributed by atoms with Crippen LogP contribution in [-0.4, -0.2) is 15.9 Å². The van der Waals surface area contributed by atoms with E-state index in [9.17, 15) is 9.18 Å². The molecule has 1 heterocycles. The number of amides is 1. The smallest absolute Gasteiger partial charge is 0.274 e. The quantitative estimate of drug-likeness (QED) is 0.653. The molecule has 5 nitrogen and oxygen atoms in total. The summed E-state index contributed by atoms with van der Waals surface area (Å²) in [6.07, 6.45) is 0. The number of hydrogen-bond acceptors (Lipinski definition) is 4. The normalized spacial score (nSPS) is 11.2. The van der Waals surface area contributed by atoms with Gasteiger partial charge in [0.15, 0.2) is 0 Å². The van der Waals surface area contributed by atoms with Crippen molar-refractivity contribution in [3.05, 3.63) is 77.5 Å². The molecular weight excluding hydrogens is 355 g/mol. The number of carbonyl (C=O) groups excluding carboxylic acids is 1. The van der Waals surface area contributed by atoms with Crippen LogP contribution in [0.2, 0.25) is 0 Å². The lowest BCUT2D eigenvalue weighted by molar-refractivity contribution is 0.102. The average Bonchev–Trinajstić information content (AvgIpc) is 2.62. The molecule has 0 saturated heterocycles. The Labute approximate surface area is 164 Å². The molecule has 1 amide bonds. The zero-order valence-electron chi connectivity index (χ0n) is 16.4. The maximum absolute atomic E-state index is 13.8. The number of para-hydroxylation sites is 2. The number of nitrogens with zero attached hydrogens (tertiary/aromatic N) is 2. The van der Waals surface area contributed by atoms with E-state index < -0.39 is 11.7 Å². The highest BCUT2D eigenvalue weighted by Crippen LogP contribution is 2.31. The van der Waals surface area contributed by atoms with Gasteiger partial charge < -0.3 is 10.6 Å². The van der Waals surface area contributed by atoms with Gasteiger partial charge in [-0.3, -0.25) is 4.79 Å². The Balaban J connectivity index is 1.89. The van der Waals surface area contributed by atoms with E-state index in [1.165, 1.54) is 12.1 Å². The summed E-state index contributed by atoms with van der Waals surface area (Å²) >= 11 is 0. The van der Waals surface area contributed by atoms with Gasteiger partial charge in [0.2, 0.25) is 0 Å². The SMILES string of the molecule is Cc1nc(Nc2ccccc2C(C)(C)C)cc(C(=O)Nc2ccccc2F)n1. The first-order valence-corrected chi connectivity index (χ1v) is 9.02. The number of aromatic nitrogens is 2. The largest absolute Gasteiger partial charge is 0.340 e. The topological polar surface area (TPSA) is 66.9 Å². The van der Waals surface area contributed by atoms with Gasteiger partial charge in [0.1, 0.15) is 23.2 Å². The number of halogens is 1. The van der Waals surface area contributed by atoms with Gasteiger partial charge in [0, 0.05) is 11.8 Å². The molecule has 2 aromatic carbocycles. The van der Waals surface area contributed by atoms with Crippen LogP contribution < -0.4 is 10.6 Å². The van der Waals surface area contributed by atoms with E-state index in [0.29, 0.717) is 11.6 Å². The first kappa shape index (κ1) is 19.5. The van der Waals surface area contributed by atoms with E-state index >= 15 is 0 Å². The second-order valence-corrected chi connectivity index (χ2v) is 7.54. The van der Waals surface area contributed by atoms with Crippen LogP contribution in [0.4, 0.5) is 21.6 Å². The van der Waals surface area contributed by atoms with E-state index in [1.807, 2.05) is 18.2 Å². The molecule has 0 bridgehead atoms.